The van der Waals surface area contributed by atoms with Gasteiger partial charge in [-0.25, -0.2) is 0 Å². The van der Waals surface area contributed by atoms with Crippen molar-refractivity contribution in [2.24, 2.45) is 11.3 Å². The fourth-order valence-electron chi connectivity index (χ4n) is 2.88. The van der Waals surface area contributed by atoms with Gasteiger partial charge in [0.25, 0.3) is 0 Å². The minimum absolute atomic E-state index is 0.186. The van der Waals surface area contributed by atoms with Crippen molar-refractivity contribution in [3.8, 4) is 0 Å². The van der Waals surface area contributed by atoms with E-state index < -0.39 is 0 Å². The summed E-state index contributed by atoms with van der Waals surface area (Å²) in [7, 11) is 0. The summed E-state index contributed by atoms with van der Waals surface area (Å²) in [5, 5.41) is 9.45. The van der Waals surface area contributed by atoms with Crippen molar-refractivity contribution in [3.63, 3.8) is 0 Å². The van der Waals surface area contributed by atoms with E-state index in [2.05, 4.69) is 50.8 Å². The lowest BCUT2D eigenvalue weighted by atomic mass is 9.74. The molecule has 100 valence electrons. The van der Waals surface area contributed by atoms with Crippen molar-refractivity contribution in [2.45, 2.75) is 34.1 Å². The number of hydrogen-bond donors (Lipinski definition) is 1. The SMILES string of the molecule is Cc1ccc(N2CCC(CO)C(C)(C)C2)cc1C. The third-order valence-electron chi connectivity index (χ3n) is 4.53. The first-order valence-electron chi connectivity index (χ1n) is 6.87. The van der Waals surface area contributed by atoms with Crippen molar-refractivity contribution in [1.29, 1.82) is 0 Å². The van der Waals surface area contributed by atoms with Crippen LogP contribution in [0.15, 0.2) is 18.2 Å². The maximum atomic E-state index is 9.45. The lowest BCUT2D eigenvalue weighted by molar-refractivity contribution is 0.0972. The van der Waals surface area contributed by atoms with Crippen LogP contribution in [0.5, 0.6) is 0 Å². The van der Waals surface area contributed by atoms with Crippen LogP contribution in [-0.4, -0.2) is 24.8 Å². The largest absolute Gasteiger partial charge is 0.396 e. The van der Waals surface area contributed by atoms with E-state index in [-0.39, 0.29) is 5.41 Å². The Bertz CT molecular complexity index is 425. The summed E-state index contributed by atoms with van der Waals surface area (Å²) in [6.07, 6.45) is 1.08. The third kappa shape index (κ3) is 2.54. The van der Waals surface area contributed by atoms with Gasteiger partial charge in [-0.15, -0.1) is 0 Å². The van der Waals surface area contributed by atoms with E-state index in [0.717, 1.165) is 19.5 Å². The van der Waals surface area contributed by atoms with Gasteiger partial charge in [0.1, 0.15) is 0 Å². The van der Waals surface area contributed by atoms with E-state index in [9.17, 15) is 5.11 Å². The zero-order chi connectivity index (χ0) is 13.3. The van der Waals surface area contributed by atoms with Crippen LogP contribution in [-0.2, 0) is 0 Å². The highest BCUT2D eigenvalue weighted by molar-refractivity contribution is 5.51. The Kier molecular flexibility index (Phi) is 3.67. The fraction of sp³-hybridized carbons (Fsp3) is 0.625. The highest BCUT2D eigenvalue weighted by atomic mass is 16.3. The molecule has 18 heavy (non-hydrogen) atoms. The maximum Gasteiger partial charge on any atom is 0.0465 e. The molecule has 1 unspecified atom stereocenters. The average molecular weight is 247 g/mol. The summed E-state index contributed by atoms with van der Waals surface area (Å²) in [5.74, 6) is 0.431. The van der Waals surface area contributed by atoms with Crippen molar-refractivity contribution >= 4 is 5.69 Å². The number of aliphatic hydroxyl groups is 1. The molecule has 1 atom stereocenters. The zero-order valence-electron chi connectivity index (χ0n) is 12.0. The molecule has 0 saturated carbocycles. The van der Waals surface area contributed by atoms with Crippen LogP contribution in [0, 0.1) is 25.2 Å². The van der Waals surface area contributed by atoms with E-state index in [0.29, 0.717) is 12.5 Å². The van der Waals surface area contributed by atoms with E-state index in [1.54, 1.807) is 0 Å². The van der Waals surface area contributed by atoms with Crippen LogP contribution >= 0.6 is 0 Å². The summed E-state index contributed by atoms with van der Waals surface area (Å²) in [4.78, 5) is 2.46. The quantitative estimate of drug-likeness (QED) is 0.868. The number of benzene rings is 1. The third-order valence-corrected chi connectivity index (χ3v) is 4.53. The molecular formula is C16H25NO. The fourth-order valence-corrected chi connectivity index (χ4v) is 2.88. The minimum atomic E-state index is 0.186. The van der Waals surface area contributed by atoms with Gasteiger partial charge >= 0.3 is 0 Å². The van der Waals surface area contributed by atoms with Gasteiger partial charge < -0.3 is 10.0 Å². The highest BCUT2D eigenvalue weighted by Gasteiger charge is 2.35. The van der Waals surface area contributed by atoms with Crippen LogP contribution in [0.25, 0.3) is 0 Å². The van der Waals surface area contributed by atoms with E-state index in [1.165, 1.54) is 16.8 Å². The van der Waals surface area contributed by atoms with Crippen LogP contribution in [0.3, 0.4) is 0 Å². The average Bonchev–Trinajstić information content (AvgIpc) is 2.31. The summed E-state index contributed by atoms with van der Waals surface area (Å²) >= 11 is 0. The molecular weight excluding hydrogens is 222 g/mol. The minimum Gasteiger partial charge on any atom is -0.396 e. The molecule has 0 aromatic heterocycles. The standard InChI is InChI=1S/C16H25NO/c1-12-5-6-15(9-13(12)2)17-8-7-14(10-18)16(3,4)11-17/h5-6,9,14,18H,7-8,10-11H2,1-4H3. The van der Waals surface area contributed by atoms with Crippen LogP contribution in [0.2, 0.25) is 0 Å². The Morgan fingerprint density at radius 3 is 2.56 bits per heavy atom. The number of hydrogen-bond acceptors (Lipinski definition) is 2. The van der Waals surface area contributed by atoms with Gasteiger partial charge in [-0.2, -0.15) is 0 Å². The van der Waals surface area contributed by atoms with Gasteiger partial charge in [0.05, 0.1) is 0 Å². The van der Waals surface area contributed by atoms with E-state index in [4.69, 9.17) is 0 Å². The second-order valence-corrected chi connectivity index (χ2v) is 6.35. The number of anilines is 1. The molecule has 1 aliphatic heterocycles. The molecule has 1 N–H and O–H groups in total. The van der Waals surface area contributed by atoms with Crippen molar-refractivity contribution < 1.29 is 5.11 Å². The molecule has 1 saturated heterocycles. The van der Waals surface area contributed by atoms with Gasteiger partial charge in [-0.05, 0) is 54.9 Å². The van der Waals surface area contributed by atoms with Gasteiger partial charge in [0, 0.05) is 25.4 Å². The number of aliphatic hydroxyl groups excluding tert-OH is 1. The molecule has 1 aromatic carbocycles. The highest BCUT2D eigenvalue weighted by Crippen LogP contribution is 2.36. The Labute approximate surface area is 111 Å². The summed E-state index contributed by atoms with van der Waals surface area (Å²) < 4.78 is 0. The normalized spacial score (nSPS) is 23.2. The van der Waals surface area contributed by atoms with Crippen LogP contribution in [0.4, 0.5) is 5.69 Å². The molecule has 0 radical (unpaired) electrons. The first-order valence-corrected chi connectivity index (χ1v) is 6.87. The molecule has 1 aliphatic rings. The van der Waals surface area contributed by atoms with Crippen LogP contribution in [0.1, 0.15) is 31.4 Å². The van der Waals surface area contributed by atoms with Gasteiger partial charge in [0.2, 0.25) is 0 Å². The number of rotatable bonds is 2. The molecule has 2 heteroatoms. The Morgan fingerprint density at radius 2 is 2.00 bits per heavy atom. The second kappa shape index (κ2) is 4.93. The first-order chi connectivity index (χ1) is 8.44. The van der Waals surface area contributed by atoms with E-state index >= 15 is 0 Å². The van der Waals surface area contributed by atoms with Gasteiger partial charge in [0.15, 0.2) is 0 Å². The summed E-state index contributed by atoms with van der Waals surface area (Å²) in [5.41, 5.74) is 4.21. The van der Waals surface area contributed by atoms with Crippen molar-refractivity contribution in [3.05, 3.63) is 29.3 Å². The number of piperidine rings is 1. The number of aryl methyl sites for hydroxylation is 2. The summed E-state index contributed by atoms with van der Waals surface area (Å²) in [6.45, 7) is 11.2. The second-order valence-electron chi connectivity index (χ2n) is 6.35. The molecule has 1 fully saturated rings. The van der Waals surface area contributed by atoms with Crippen LogP contribution < -0.4 is 4.90 Å². The smallest absolute Gasteiger partial charge is 0.0465 e. The predicted molar refractivity (Wildman–Crippen MR) is 77.1 cm³/mol. The number of nitrogens with zero attached hydrogens (tertiary/aromatic N) is 1. The summed E-state index contributed by atoms with van der Waals surface area (Å²) in [6, 6.07) is 6.71. The molecule has 0 aliphatic carbocycles. The first kappa shape index (κ1) is 13.4. The molecule has 0 bridgehead atoms. The van der Waals surface area contributed by atoms with Crippen molar-refractivity contribution in [1.82, 2.24) is 0 Å². The molecule has 1 aromatic rings. The monoisotopic (exact) mass is 247 g/mol. The Morgan fingerprint density at radius 1 is 1.28 bits per heavy atom. The Balaban J connectivity index is 2.18. The zero-order valence-corrected chi connectivity index (χ0v) is 12.0. The molecule has 0 spiro atoms. The molecule has 2 rings (SSSR count). The van der Waals surface area contributed by atoms with Crippen molar-refractivity contribution in [2.75, 3.05) is 24.6 Å². The lowest BCUT2D eigenvalue weighted by Crippen LogP contribution is -2.47. The topological polar surface area (TPSA) is 23.5 Å². The van der Waals surface area contributed by atoms with Gasteiger partial charge in [-0.3, -0.25) is 0 Å². The lowest BCUT2D eigenvalue weighted by Gasteiger charge is -2.44. The molecule has 1 heterocycles. The van der Waals surface area contributed by atoms with Gasteiger partial charge in [-0.1, -0.05) is 19.9 Å². The maximum absolute atomic E-state index is 9.45. The Hall–Kier alpha value is -1.02. The predicted octanol–water partition coefficient (Wildman–Crippen LogP) is 3.15. The molecule has 0 amide bonds. The molecule has 2 nitrogen and oxygen atoms in total. The van der Waals surface area contributed by atoms with E-state index in [1.807, 2.05) is 0 Å².